The second-order valence-electron chi connectivity index (χ2n) is 1.82. The zero-order valence-electron chi connectivity index (χ0n) is 4.46. The van der Waals surface area contributed by atoms with E-state index in [1.165, 1.54) is 0 Å². The average molecular weight is 132 g/mol. The predicted molar refractivity (Wildman–Crippen MR) is 33.0 cm³/mol. The van der Waals surface area contributed by atoms with Gasteiger partial charge < -0.3 is 5.11 Å². The zero-order chi connectivity index (χ0) is 5.98. The molecule has 0 radical (unpaired) electrons. The standard InChI is InChI=1S/C5H8O2S/c6-4-1-2-8-3-5(4)7/h4,6H,1-3H2. The summed E-state index contributed by atoms with van der Waals surface area (Å²) < 4.78 is 0. The molecule has 3 heteroatoms. The van der Waals surface area contributed by atoms with Gasteiger partial charge in [-0.15, -0.1) is 0 Å². The van der Waals surface area contributed by atoms with Crippen molar-refractivity contribution in [1.29, 1.82) is 0 Å². The molecule has 1 heterocycles. The Morgan fingerprint density at radius 3 is 2.88 bits per heavy atom. The molecule has 0 amide bonds. The van der Waals surface area contributed by atoms with Gasteiger partial charge in [0.2, 0.25) is 0 Å². The van der Waals surface area contributed by atoms with E-state index in [9.17, 15) is 4.79 Å². The fraction of sp³-hybridized carbons (Fsp3) is 0.800. The topological polar surface area (TPSA) is 37.3 Å². The number of hydrogen-bond acceptors (Lipinski definition) is 3. The molecular formula is C5H8O2S. The van der Waals surface area contributed by atoms with Crippen LogP contribution in [-0.4, -0.2) is 28.5 Å². The van der Waals surface area contributed by atoms with Crippen molar-refractivity contribution in [3.8, 4) is 0 Å². The van der Waals surface area contributed by atoms with Crippen LogP contribution in [0.15, 0.2) is 0 Å². The fourth-order valence-corrected chi connectivity index (χ4v) is 1.55. The Morgan fingerprint density at radius 1 is 1.75 bits per heavy atom. The number of carbonyl (C=O) groups excluding carboxylic acids is 1. The average Bonchev–Trinajstić information content (AvgIpc) is 1.77. The van der Waals surface area contributed by atoms with Gasteiger partial charge in [-0.2, -0.15) is 11.8 Å². The lowest BCUT2D eigenvalue weighted by Gasteiger charge is -2.13. The number of Topliss-reactive ketones (excluding diaryl/α,β-unsaturated/α-hetero) is 1. The molecule has 1 saturated heterocycles. The molecule has 0 bridgehead atoms. The fourth-order valence-electron chi connectivity index (χ4n) is 0.625. The van der Waals surface area contributed by atoms with Crippen molar-refractivity contribution in [3.05, 3.63) is 0 Å². The summed E-state index contributed by atoms with van der Waals surface area (Å²) in [5.74, 6) is 1.41. The number of thioether (sulfide) groups is 1. The van der Waals surface area contributed by atoms with Crippen LogP contribution in [0, 0.1) is 0 Å². The van der Waals surface area contributed by atoms with Gasteiger partial charge in [0.05, 0.1) is 5.75 Å². The Kier molecular flexibility index (Phi) is 1.91. The summed E-state index contributed by atoms with van der Waals surface area (Å²) in [7, 11) is 0. The first-order valence-electron chi connectivity index (χ1n) is 2.59. The minimum atomic E-state index is -0.656. The SMILES string of the molecule is O=C1CSCCC1O. The third kappa shape index (κ3) is 1.23. The van der Waals surface area contributed by atoms with Gasteiger partial charge in [0.25, 0.3) is 0 Å². The summed E-state index contributed by atoms with van der Waals surface area (Å²) in [5.41, 5.74) is 0. The lowest BCUT2D eigenvalue weighted by Crippen LogP contribution is -2.26. The first kappa shape index (κ1) is 6.11. The van der Waals surface area contributed by atoms with Crippen LogP contribution in [0.3, 0.4) is 0 Å². The van der Waals surface area contributed by atoms with Crippen LogP contribution in [0.5, 0.6) is 0 Å². The van der Waals surface area contributed by atoms with Crippen molar-refractivity contribution >= 4 is 17.5 Å². The van der Waals surface area contributed by atoms with Crippen LogP contribution in [0.1, 0.15) is 6.42 Å². The van der Waals surface area contributed by atoms with E-state index in [-0.39, 0.29) is 5.78 Å². The van der Waals surface area contributed by atoms with Gasteiger partial charge in [-0.25, -0.2) is 0 Å². The first-order valence-corrected chi connectivity index (χ1v) is 3.74. The van der Waals surface area contributed by atoms with Crippen LogP contribution < -0.4 is 0 Å². The van der Waals surface area contributed by atoms with Crippen LogP contribution >= 0.6 is 11.8 Å². The minimum Gasteiger partial charge on any atom is -0.385 e. The second kappa shape index (κ2) is 2.51. The third-order valence-corrected chi connectivity index (χ3v) is 2.16. The van der Waals surface area contributed by atoms with Crippen molar-refractivity contribution in [3.63, 3.8) is 0 Å². The van der Waals surface area contributed by atoms with Crippen molar-refractivity contribution in [2.45, 2.75) is 12.5 Å². The maximum Gasteiger partial charge on any atom is 0.171 e. The van der Waals surface area contributed by atoms with Crippen LogP contribution in [0.25, 0.3) is 0 Å². The Balaban J connectivity index is 2.39. The van der Waals surface area contributed by atoms with Gasteiger partial charge in [-0.1, -0.05) is 0 Å². The van der Waals surface area contributed by atoms with E-state index in [1.807, 2.05) is 0 Å². The van der Waals surface area contributed by atoms with E-state index in [0.717, 1.165) is 5.75 Å². The highest BCUT2D eigenvalue weighted by atomic mass is 32.2. The molecule has 0 aliphatic carbocycles. The summed E-state index contributed by atoms with van der Waals surface area (Å²) in [6.07, 6.45) is -0.0139. The molecule has 0 spiro atoms. The third-order valence-electron chi connectivity index (χ3n) is 1.15. The molecule has 0 aromatic carbocycles. The van der Waals surface area contributed by atoms with E-state index in [0.29, 0.717) is 12.2 Å². The maximum atomic E-state index is 10.5. The number of aliphatic hydroxyl groups excluding tert-OH is 1. The molecule has 1 aliphatic rings. The maximum absolute atomic E-state index is 10.5. The van der Waals surface area contributed by atoms with Gasteiger partial charge in [0, 0.05) is 0 Å². The molecule has 0 aromatic heterocycles. The highest BCUT2D eigenvalue weighted by Gasteiger charge is 2.18. The lowest BCUT2D eigenvalue weighted by molar-refractivity contribution is -0.124. The molecule has 0 aromatic rings. The van der Waals surface area contributed by atoms with E-state index in [4.69, 9.17) is 5.11 Å². The number of ketones is 1. The van der Waals surface area contributed by atoms with Crippen molar-refractivity contribution in [1.82, 2.24) is 0 Å². The molecule has 0 saturated carbocycles. The molecular weight excluding hydrogens is 124 g/mol. The monoisotopic (exact) mass is 132 g/mol. The minimum absolute atomic E-state index is 0.0127. The normalized spacial score (nSPS) is 30.6. The summed E-state index contributed by atoms with van der Waals surface area (Å²) >= 11 is 1.60. The van der Waals surface area contributed by atoms with E-state index in [1.54, 1.807) is 11.8 Å². The quantitative estimate of drug-likeness (QED) is 0.506. The number of hydrogen-bond donors (Lipinski definition) is 1. The summed E-state index contributed by atoms with van der Waals surface area (Å²) in [5, 5.41) is 8.81. The Bertz CT molecular complexity index is 103. The van der Waals surface area contributed by atoms with Gasteiger partial charge in [0.15, 0.2) is 5.78 Å². The van der Waals surface area contributed by atoms with Gasteiger partial charge >= 0.3 is 0 Å². The van der Waals surface area contributed by atoms with Gasteiger partial charge in [-0.05, 0) is 12.2 Å². The number of carbonyl (C=O) groups is 1. The summed E-state index contributed by atoms with van der Waals surface area (Å²) in [6.45, 7) is 0. The molecule has 1 atom stereocenters. The van der Waals surface area contributed by atoms with E-state index in [2.05, 4.69) is 0 Å². The van der Waals surface area contributed by atoms with Crippen LogP contribution in [0.2, 0.25) is 0 Å². The van der Waals surface area contributed by atoms with Gasteiger partial charge in [0.1, 0.15) is 6.10 Å². The van der Waals surface area contributed by atoms with Gasteiger partial charge in [-0.3, -0.25) is 4.79 Å². The summed E-state index contributed by atoms with van der Waals surface area (Å²) in [4.78, 5) is 10.5. The number of aliphatic hydroxyl groups is 1. The highest BCUT2D eigenvalue weighted by Crippen LogP contribution is 2.13. The largest absolute Gasteiger partial charge is 0.385 e. The van der Waals surface area contributed by atoms with Crippen molar-refractivity contribution < 1.29 is 9.90 Å². The summed E-state index contributed by atoms with van der Waals surface area (Å²) in [6, 6.07) is 0. The lowest BCUT2D eigenvalue weighted by atomic mass is 10.2. The highest BCUT2D eigenvalue weighted by molar-refractivity contribution is 8.00. The van der Waals surface area contributed by atoms with Crippen LogP contribution in [-0.2, 0) is 4.79 Å². The Hall–Kier alpha value is -0.0200. The van der Waals surface area contributed by atoms with Crippen molar-refractivity contribution in [2.75, 3.05) is 11.5 Å². The molecule has 2 nitrogen and oxygen atoms in total. The molecule has 1 rings (SSSR count). The molecule has 1 fully saturated rings. The predicted octanol–water partition coefficient (Wildman–Crippen LogP) is 0.0533. The molecule has 1 aliphatic heterocycles. The van der Waals surface area contributed by atoms with E-state index >= 15 is 0 Å². The Labute approximate surface area is 52.3 Å². The zero-order valence-corrected chi connectivity index (χ0v) is 5.28. The smallest absolute Gasteiger partial charge is 0.171 e. The first-order chi connectivity index (χ1) is 3.80. The van der Waals surface area contributed by atoms with Crippen LogP contribution in [0.4, 0.5) is 0 Å². The molecule has 1 N–H and O–H groups in total. The molecule has 1 unspecified atom stereocenters. The molecule has 46 valence electrons. The number of rotatable bonds is 0. The molecule has 8 heavy (non-hydrogen) atoms. The Morgan fingerprint density at radius 2 is 2.50 bits per heavy atom. The second-order valence-corrected chi connectivity index (χ2v) is 2.93. The van der Waals surface area contributed by atoms with E-state index < -0.39 is 6.10 Å². The van der Waals surface area contributed by atoms with Crippen molar-refractivity contribution in [2.24, 2.45) is 0 Å².